The highest BCUT2D eigenvalue weighted by Gasteiger charge is 2.15. The average molecular weight is 378 g/mol. The van der Waals surface area contributed by atoms with Crippen molar-refractivity contribution in [1.29, 1.82) is 0 Å². The predicted octanol–water partition coefficient (Wildman–Crippen LogP) is 2.47. The fraction of sp³-hybridized carbons (Fsp3) is 0.500. The molecule has 0 bridgehead atoms. The van der Waals surface area contributed by atoms with Gasteiger partial charge in [-0.15, -0.1) is 10.2 Å². The van der Waals surface area contributed by atoms with Crippen molar-refractivity contribution in [2.75, 3.05) is 7.05 Å². The van der Waals surface area contributed by atoms with Crippen molar-refractivity contribution in [2.24, 2.45) is 4.99 Å². The van der Waals surface area contributed by atoms with E-state index in [4.69, 9.17) is 0 Å². The van der Waals surface area contributed by atoms with E-state index in [0.29, 0.717) is 24.6 Å². The van der Waals surface area contributed by atoms with Gasteiger partial charge in [-0.2, -0.15) is 8.78 Å². The number of guanidine groups is 1. The maximum atomic E-state index is 12.5. The quantitative estimate of drug-likeness (QED) is 0.597. The summed E-state index contributed by atoms with van der Waals surface area (Å²) < 4.78 is 31.7. The van der Waals surface area contributed by atoms with E-state index in [1.54, 1.807) is 25.2 Å². The zero-order valence-electron chi connectivity index (χ0n) is 15.3. The third kappa shape index (κ3) is 5.15. The number of para-hydroxylation sites is 1. The fourth-order valence-corrected chi connectivity index (χ4v) is 3.10. The molecular weight excluding hydrogens is 354 g/mol. The number of ether oxygens (including phenoxy) is 1. The van der Waals surface area contributed by atoms with Crippen molar-refractivity contribution in [3.63, 3.8) is 0 Å². The number of alkyl halides is 2. The zero-order valence-corrected chi connectivity index (χ0v) is 15.3. The lowest BCUT2D eigenvalue weighted by Crippen LogP contribution is -2.37. The molecule has 1 aliphatic heterocycles. The molecule has 9 heteroatoms. The van der Waals surface area contributed by atoms with E-state index >= 15 is 0 Å². The number of hydrogen-bond donors (Lipinski definition) is 2. The van der Waals surface area contributed by atoms with E-state index in [1.807, 2.05) is 0 Å². The number of nitrogens with zero attached hydrogens (tertiary/aromatic N) is 4. The van der Waals surface area contributed by atoms with Crippen LogP contribution < -0.4 is 15.4 Å². The number of nitrogens with one attached hydrogen (secondary N) is 2. The average Bonchev–Trinajstić information content (AvgIpc) is 2.89. The summed E-state index contributed by atoms with van der Waals surface area (Å²) in [5.41, 5.74) is 0.622. The van der Waals surface area contributed by atoms with Crippen LogP contribution in [-0.4, -0.2) is 34.4 Å². The van der Waals surface area contributed by atoms with Crippen molar-refractivity contribution in [3.8, 4) is 5.75 Å². The predicted molar refractivity (Wildman–Crippen MR) is 97.7 cm³/mol. The van der Waals surface area contributed by atoms with Gasteiger partial charge in [-0.25, -0.2) is 0 Å². The minimum absolute atomic E-state index is 0.151. The van der Waals surface area contributed by atoms with E-state index in [0.717, 1.165) is 37.5 Å². The van der Waals surface area contributed by atoms with Crippen LogP contribution in [0.25, 0.3) is 0 Å². The van der Waals surface area contributed by atoms with Crippen LogP contribution in [0.1, 0.15) is 36.5 Å². The summed E-state index contributed by atoms with van der Waals surface area (Å²) in [6.07, 6.45) is 4.45. The van der Waals surface area contributed by atoms with Gasteiger partial charge in [0.2, 0.25) is 0 Å². The van der Waals surface area contributed by atoms with Crippen LogP contribution in [0.2, 0.25) is 0 Å². The first-order valence-corrected chi connectivity index (χ1v) is 9.05. The normalized spacial score (nSPS) is 14.6. The van der Waals surface area contributed by atoms with Gasteiger partial charge in [0.1, 0.15) is 11.6 Å². The molecule has 7 nitrogen and oxygen atoms in total. The van der Waals surface area contributed by atoms with Gasteiger partial charge >= 0.3 is 6.61 Å². The molecule has 1 aromatic carbocycles. The summed E-state index contributed by atoms with van der Waals surface area (Å²) >= 11 is 0. The Balaban J connectivity index is 1.57. The van der Waals surface area contributed by atoms with Gasteiger partial charge < -0.3 is 19.9 Å². The second kappa shape index (κ2) is 9.29. The van der Waals surface area contributed by atoms with Crippen LogP contribution in [0.15, 0.2) is 29.3 Å². The maximum absolute atomic E-state index is 12.5. The molecule has 0 saturated heterocycles. The van der Waals surface area contributed by atoms with Crippen LogP contribution in [0.3, 0.4) is 0 Å². The Morgan fingerprint density at radius 3 is 2.81 bits per heavy atom. The standard InChI is InChI=1S/C18H24F2N6O/c1-21-18(22-11-13-7-4-5-8-14(13)27-17(19)20)23-12-16-25-24-15-9-3-2-6-10-26(15)16/h4-5,7-8,17H,2-3,6,9-12H2,1H3,(H2,21,22,23). The minimum atomic E-state index is -2.85. The number of halogens is 2. The van der Waals surface area contributed by atoms with Crippen molar-refractivity contribution in [1.82, 2.24) is 25.4 Å². The summed E-state index contributed by atoms with van der Waals surface area (Å²) in [5.74, 6) is 2.60. The van der Waals surface area contributed by atoms with Crippen LogP contribution in [0.5, 0.6) is 5.75 Å². The number of fused-ring (bicyclic) bond motifs is 1. The van der Waals surface area contributed by atoms with E-state index in [1.165, 1.54) is 12.5 Å². The maximum Gasteiger partial charge on any atom is 0.387 e. The van der Waals surface area contributed by atoms with Crippen LogP contribution >= 0.6 is 0 Å². The number of rotatable bonds is 6. The summed E-state index contributed by atoms with van der Waals surface area (Å²) in [5, 5.41) is 14.9. The molecule has 3 rings (SSSR count). The molecule has 1 aromatic heterocycles. The molecule has 146 valence electrons. The second-order valence-corrected chi connectivity index (χ2v) is 6.26. The number of aryl methyl sites for hydroxylation is 1. The molecule has 0 atom stereocenters. The van der Waals surface area contributed by atoms with E-state index < -0.39 is 6.61 Å². The molecular formula is C18H24F2N6O. The Hall–Kier alpha value is -2.71. The first-order chi connectivity index (χ1) is 13.2. The third-order valence-electron chi connectivity index (χ3n) is 4.46. The largest absolute Gasteiger partial charge is 0.434 e. The number of aliphatic imine (C=N–C) groups is 1. The highest BCUT2D eigenvalue weighted by atomic mass is 19.3. The lowest BCUT2D eigenvalue weighted by Gasteiger charge is -2.14. The van der Waals surface area contributed by atoms with Crippen molar-refractivity contribution in [3.05, 3.63) is 41.5 Å². The number of hydrogen-bond acceptors (Lipinski definition) is 4. The van der Waals surface area contributed by atoms with Gasteiger partial charge in [0.25, 0.3) is 0 Å². The van der Waals surface area contributed by atoms with Crippen molar-refractivity contribution >= 4 is 5.96 Å². The summed E-state index contributed by atoms with van der Waals surface area (Å²) in [4.78, 5) is 4.17. The summed E-state index contributed by atoms with van der Waals surface area (Å²) in [7, 11) is 1.65. The van der Waals surface area contributed by atoms with Gasteiger partial charge in [0, 0.05) is 32.1 Å². The number of aromatic nitrogens is 3. The van der Waals surface area contributed by atoms with Crippen LogP contribution in [0, 0.1) is 0 Å². The van der Waals surface area contributed by atoms with Crippen molar-refractivity contribution < 1.29 is 13.5 Å². The zero-order chi connectivity index (χ0) is 19.1. The van der Waals surface area contributed by atoms with E-state index in [-0.39, 0.29) is 5.75 Å². The van der Waals surface area contributed by atoms with E-state index in [9.17, 15) is 8.78 Å². The van der Waals surface area contributed by atoms with E-state index in [2.05, 4.69) is 35.1 Å². The Bertz CT molecular complexity index is 777. The van der Waals surface area contributed by atoms with Gasteiger partial charge in [-0.1, -0.05) is 24.6 Å². The summed E-state index contributed by atoms with van der Waals surface area (Å²) in [6.45, 7) is -1.13. The molecule has 0 amide bonds. The molecule has 0 aliphatic carbocycles. The molecule has 1 aliphatic rings. The third-order valence-corrected chi connectivity index (χ3v) is 4.46. The lowest BCUT2D eigenvalue weighted by atomic mass is 10.2. The first kappa shape index (κ1) is 19.1. The minimum Gasteiger partial charge on any atom is -0.434 e. The summed E-state index contributed by atoms with van der Waals surface area (Å²) in [6, 6.07) is 6.68. The fourth-order valence-electron chi connectivity index (χ4n) is 3.10. The van der Waals surface area contributed by atoms with Gasteiger partial charge in [0.15, 0.2) is 11.8 Å². The molecule has 0 spiro atoms. The van der Waals surface area contributed by atoms with Gasteiger partial charge in [0.05, 0.1) is 6.54 Å². The highest BCUT2D eigenvalue weighted by Crippen LogP contribution is 2.20. The SMILES string of the molecule is CN=C(NCc1ccccc1OC(F)F)NCc1nnc2n1CCCCC2. The molecule has 27 heavy (non-hydrogen) atoms. The Morgan fingerprint density at radius 2 is 2.00 bits per heavy atom. The Labute approximate surface area is 156 Å². The second-order valence-electron chi connectivity index (χ2n) is 6.26. The van der Waals surface area contributed by atoms with Crippen molar-refractivity contribution in [2.45, 2.75) is 51.9 Å². The topological polar surface area (TPSA) is 76.4 Å². The molecule has 0 saturated carbocycles. The van der Waals surface area contributed by atoms with Gasteiger partial charge in [-0.05, 0) is 18.9 Å². The Kier molecular flexibility index (Phi) is 6.56. The highest BCUT2D eigenvalue weighted by molar-refractivity contribution is 5.79. The monoisotopic (exact) mass is 378 g/mol. The molecule has 0 unspecified atom stereocenters. The smallest absolute Gasteiger partial charge is 0.387 e. The molecule has 2 aromatic rings. The molecule has 0 fully saturated rings. The molecule has 2 heterocycles. The van der Waals surface area contributed by atoms with Gasteiger partial charge in [-0.3, -0.25) is 4.99 Å². The van der Waals surface area contributed by atoms with Crippen LogP contribution in [-0.2, 0) is 26.1 Å². The Morgan fingerprint density at radius 1 is 1.19 bits per heavy atom. The molecule has 0 radical (unpaired) electrons. The molecule has 2 N–H and O–H groups in total. The number of benzene rings is 1. The van der Waals surface area contributed by atoms with Crippen LogP contribution in [0.4, 0.5) is 8.78 Å². The lowest BCUT2D eigenvalue weighted by molar-refractivity contribution is -0.0504. The first-order valence-electron chi connectivity index (χ1n) is 9.05.